The zero-order valence-corrected chi connectivity index (χ0v) is 10.7. The molecule has 0 saturated carbocycles. The molecule has 0 aliphatic carbocycles. The fraction of sp³-hybridized carbons (Fsp3) is 0.462. The predicted octanol–water partition coefficient (Wildman–Crippen LogP) is 0.860. The van der Waals surface area contributed by atoms with E-state index in [4.69, 9.17) is 5.11 Å². The van der Waals surface area contributed by atoms with Gasteiger partial charge < -0.3 is 5.11 Å². The molecule has 1 aromatic heterocycles. The molecule has 0 amide bonds. The van der Waals surface area contributed by atoms with E-state index in [-0.39, 0.29) is 29.6 Å². The Hall–Kier alpha value is -0.750. The first kappa shape index (κ1) is 18.2. The molecule has 100 valence electrons. The summed E-state index contributed by atoms with van der Waals surface area (Å²) < 4.78 is 0. The van der Waals surface area contributed by atoms with Crippen LogP contribution in [0.5, 0.6) is 0 Å². The van der Waals surface area contributed by atoms with Crippen LogP contribution in [0.3, 0.4) is 0 Å². The van der Waals surface area contributed by atoms with Crippen molar-refractivity contribution in [2.24, 2.45) is 0 Å². The number of rotatable bonds is 2. The van der Waals surface area contributed by atoms with E-state index in [9.17, 15) is 9.59 Å². The van der Waals surface area contributed by atoms with Crippen molar-refractivity contribution in [2.45, 2.75) is 25.8 Å². The average molecular weight is 274 g/mol. The number of nitrogens with zero attached hydrogens (tertiary/aromatic N) is 2. The summed E-state index contributed by atoms with van der Waals surface area (Å²) in [7, 11) is 2.19. The minimum atomic E-state index is -1.38. The van der Waals surface area contributed by atoms with Gasteiger partial charge in [0.25, 0.3) is 0 Å². The summed E-state index contributed by atoms with van der Waals surface area (Å²) in [5.41, 5.74) is 1.36. The van der Waals surface area contributed by atoms with Crippen LogP contribution in [0.15, 0.2) is 24.5 Å². The Bertz CT molecular complexity index is 400. The van der Waals surface area contributed by atoms with Gasteiger partial charge >= 0.3 is 35.5 Å². The summed E-state index contributed by atoms with van der Waals surface area (Å²) in [5, 5.41) is 7.64. The van der Waals surface area contributed by atoms with Gasteiger partial charge in [0.2, 0.25) is 5.78 Å². The molecule has 0 aromatic carbocycles. The van der Waals surface area contributed by atoms with Gasteiger partial charge in [-0.15, -0.1) is 0 Å². The Morgan fingerprint density at radius 2 is 2.11 bits per heavy atom. The number of carbonyl (C=O) groups is 2. The molecule has 19 heavy (non-hydrogen) atoms. The second kappa shape index (κ2) is 9.20. The van der Waals surface area contributed by atoms with Crippen molar-refractivity contribution in [3.63, 3.8) is 0 Å². The van der Waals surface area contributed by atoms with Crippen molar-refractivity contribution in [3.05, 3.63) is 30.1 Å². The maximum atomic E-state index is 9.54. The first-order chi connectivity index (χ1) is 8.52. The van der Waals surface area contributed by atoms with Gasteiger partial charge in [0, 0.05) is 25.4 Å². The zero-order valence-electron chi connectivity index (χ0n) is 10.7. The standard InChI is InChI=1S/C10H14N2.C3H4O3.Na.H/c1-12-7-3-5-10(12)9-4-2-6-11-8-9;1-2(4)3(5)6;;/h2,4,6,8,10H,3,5,7H2,1H3;1H3,(H,5,6);;. The van der Waals surface area contributed by atoms with Crippen LogP contribution in [0, 0.1) is 0 Å². The number of carbonyl (C=O) groups excluding carboxylic acids is 1. The number of aliphatic carboxylic acids is 1. The Morgan fingerprint density at radius 1 is 1.47 bits per heavy atom. The second-order valence-corrected chi connectivity index (χ2v) is 4.29. The van der Waals surface area contributed by atoms with E-state index >= 15 is 0 Å². The third-order valence-electron chi connectivity index (χ3n) is 2.89. The molecular formula is C13H19N2NaO3. The molecule has 1 saturated heterocycles. The fourth-order valence-electron chi connectivity index (χ4n) is 1.90. The van der Waals surface area contributed by atoms with Gasteiger partial charge in [-0.3, -0.25) is 14.7 Å². The normalized spacial score (nSPS) is 17.9. The molecule has 1 atom stereocenters. The van der Waals surface area contributed by atoms with Crippen molar-refractivity contribution < 1.29 is 14.7 Å². The van der Waals surface area contributed by atoms with Crippen molar-refractivity contribution in [1.82, 2.24) is 9.88 Å². The Morgan fingerprint density at radius 3 is 2.47 bits per heavy atom. The molecule has 1 aliphatic heterocycles. The zero-order chi connectivity index (χ0) is 13.5. The minimum absolute atomic E-state index is 0. The summed E-state index contributed by atoms with van der Waals surface area (Å²) in [5.74, 6) is -2.20. The summed E-state index contributed by atoms with van der Waals surface area (Å²) in [6.07, 6.45) is 6.41. The fourth-order valence-corrected chi connectivity index (χ4v) is 1.90. The SMILES string of the molecule is CC(=O)C(=O)O.CN1CCCC1c1cccnc1.[NaH]. The number of Topliss-reactive ketones (excluding diaryl/α,β-unsaturated/α-hetero) is 1. The van der Waals surface area contributed by atoms with E-state index in [0.29, 0.717) is 6.04 Å². The average Bonchev–Trinajstić information content (AvgIpc) is 2.77. The van der Waals surface area contributed by atoms with Crippen LogP contribution in [-0.2, 0) is 9.59 Å². The van der Waals surface area contributed by atoms with Gasteiger partial charge in [0.1, 0.15) is 0 Å². The quantitative estimate of drug-likeness (QED) is 0.640. The summed E-state index contributed by atoms with van der Waals surface area (Å²) >= 11 is 0. The van der Waals surface area contributed by atoms with E-state index in [1.807, 2.05) is 18.5 Å². The number of carboxylic acids is 1. The molecular weight excluding hydrogens is 255 g/mol. The number of hydrogen-bond donors (Lipinski definition) is 1. The first-order valence-corrected chi connectivity index (χ1v) is 5.86. The van der Waals surface area contributed by atoms with Crippen molar-refractivity contribution in [3.8, 4) is 0 Å². The summed E-state index contributed by atoms with van der Waals surface area (Å²) in [4.78, 5) is 25.4. The number of ketones is 1. The molecule has 6 heteroatoms. The number of hydrogen-bond acceptors (Lipinski definition) is 4. The third kappa shape index (κ3) is 6.29. The molecule has 0 radical (unpaired) electrons. The first-order valence-electron chi connectivity index (χ1n) is 5.86. The van der Waals surface area contributed by atoms with E-state index in [1.54, 1.807) is 0 Å². The Labute approximate surface area is 135 Å². The Kier molecular flexibility index (Phi) is 8.84. The maximum absolute atomic E-state index is 9.54. The molecule has 0 bridgehead atoms. The van der Waals surface area contributed by atoms with Crippen LogP contribution in [-0.4, -0.2) is 69.9 Å². The third-order valence-corrected chi connectivity index (χ3v) is 2.89. The van der Waals surface area contributed by atoms with Gasteiger partial charge in [0.05, 0.1) is 0 Å². The van der Waals surface area contributed by atoms with E-state index in [0.717, 1.165) is 6.92 Å². The van der Waals surface area contributed by atoms with Gasteiger partial charge in [0.15, 0.2) is 0 Å². The topological polar surface area (TPSA) is 70.5 Å². The monoisotopic (exact) mass is 274 g/mol. The number of carboxylic acid groups (broad SMARTS) is 1. The van der Waals surface area contributed by atoms with E-state index in [2.05, 4.69) is 23.0 Å². The number of likely N-dealkylation sites (tertiary alicyclic amines) is 1. The molecule has 1 aliphatic rings. The van der Waals surface area contributed by atoms with Crippen LogP contribution in [0.2, 0.25) is 0 Å². The molecule has 5 nitrogen and oxygen atoms in total. The van der Waals surface area contributed by atoms with E-state index in [1.165, 1.54) is 24.9 Å². The molecule has 1 unspecified atom stereocenters. The van der Waals surface area contributed by atoms with Crippen LogP contribution in [0.4, 0.5) is 0 Å². The predicted molar refractivity (Wildman–Crippen MR) is 74.3 cm³/mol. The van der Waals surface area contributed by atoms with Crippen molar-refractivity contribution in [2.75, 3.05) is 13.6 Å². The Balaban J connectivity index is 0.000000404. The van der Waals surface area contributed by atoms with Gasteiger partial charge in [-0.2, -0.15) is 0 Å². The van der Waals surface area contributed by atoms with Crippen LogP contribution < -0.4 is 0 Å². The summed E-state index contributed by atoms with van der Waals surface area (Å²) in [6.45, 7) is 2.22. The molecule has 1 N–H and O–H groups in total. The van der Waals surface area contributed by atoms with Crippen molar-refractivity contribution >= 4 is 41.3 Å². The number of aromatic nitrogens is 1. The van der Waals surface area contributed by atoms with Crippen LogP contribution in [0.1, 0.15) is 31.4 Å². The van der Waals surface area contributed by atoms with E-state index < -0.39 is 11.8 Å². The van der Waals surface area contributed by atoms with Crippen molar-refractivity contribution in [1.29, 1.82) is 0 Å². The van der Waals surface area contributed by atoms with Gasteiger partial charge in [-0.25, -0.2) is 4.79 Å². The van der Waals surface area contributed by atoms with Crippen LogP contribution >= 0.6 is 0 Å². The molecule has 0 spiro atoms. The van der Waals surface area contributed by atoms with Crippen LogP contribution in [0.25, 0.3) is 0 Å². The van der Waals surface area contributed by atoms with Gasteiger partial charge in [-0.05, 0) is 38.1 Å². The second-order valence-electron chi connectivity index (χ2n) is 4.29. The molecule has 2 heterocycles. The number of pyridine rings is 1. The molecule has 1 fully saturated rings. The molecule has 2 rings (SSSR count). The summed E-state index contributed by atoms with van der Waals surface area (Å²) in [6, 6.07) is 4.79. The van der Waals surface area contributed by atoms with Gasteiger partial charge in [-0.1, -0.05) is 6.07 Å². The molecule has 1 aromatic rings.